The number of hydrogen-bond acceptors (Lipinski definition) is 2. The first-order chi connectivity index (χ1) is 7.09. The van der Waals surface area contributed by atoms with Crippen LogP contribution >= 0.6 is 0 Å². The first-order valence-corrected chi connectivity index (χ1v) is 5.77. The summed E-state index contributed by atoms with van der Waals surface area (Å²) >= 11 is 0. The molecular weight excluding hydrogens is 188 g/mol. The molecule has 0 aromatic rings. The van der Waals surface area contributed by atoms with E-state index < -0.39 is 0 Å². The molecule has 0 aliphatic heterocycles. The highest BCUT2D eigenvalue weighted by Crippen LogP contribution is 2.08. The number of rotatable bonds is 5. The van der Waals surface area contributed by atoms with E-state index in [-0.39, 0.29) is 11.9 Å². The van der Waals surface area contributed by atoms with Gasteiger partial charge in [-0.3, -0.25) is 4.79 Å². The summed E-state index contributed by atoms with van der Waals surface area (Å²) in [4.78, 5) is 11.5. The third-order valence-corrected chi connectivity index (χ3v) is 2.95. The van der Waals surface area contributed by atoms with E-state index in [1.54, 1.807) is 0 Å². The van der Waals surface area contributed by atoms with E-state index in [0.717, 1.165) is 12.8 Å². The molecule has 0 saturated heterocycles. The summed E-state index contributed by atoms with van der Waals surface area (Å²) in [5.74, 6) is 0.588. The van der Waals surface area contributed by atoms with Gasteiger partial charge in [0, 0.05) is 12.1 Å². The summed E-state index contributed by atoms with van der Waals surface area (Å²) in [5, 5.41) is 6.23. The number of carbonyl (C=O) groups is 1. The number of carbonyl (C=O) groups excluding carboxylic acids is 1. The van der Waals surface area contributed by atoms with Crippen LogP contribution in [0.15, 0.2) is 12.2 Å². The molecule has 3 heteroatoms. The third kappa shape index (κ3) is 4.47. The van der Waals surface area contributed by atoms with Crippen LogP contribution in [0.5, 0.6) is 0 Å². The van der Waals surface area contributed by atoms with Crippen LogP contribution in [0, 0.1) is 5.92 Å². The van der Waals surface area contributed by atoms with Gasteiger partial charge < -0.3 is 10.6 Å². The van der Waals surface area contributed by atoms with Gasteiger partial charge in [0.15, 0.2) is 0 Å². The van der Waals surface area contributed by atoms with Gasteiger partial charge in [-0.2, -0.15) is 0 Å². The molecule has 0 aromatic carbocycles. The molecule has 1 rings (SSSR count). The molecule has 2 N–H and O–H groups in total. The highest BCUT2D eigenvalue weighted by Gasteiger charge is 2.13. The van der Waals surface area contributed by atoms with Crippen molar-refractivity contribution in [1.82, 2.24) is 10.6 Å². The Morgan fingerprint density at radius 3 is 2.47 bits per heavy atom. The Balaban J connectivity index is 2.13. The first kappa shape index (κ1) is 12.2. The lowest BCUT2D eigenvalue weighted by Crippen LogP contribution is -2.43. The lowest BCUT2D eigenvalue weighted by molar-refractivity contribution is -0.121. The fourth-order valence-electron chi connectivity index (χ4n) is 1.49. The molecule has 0 fully saturated rings. The number of nitrogens with one attached hydrogen (secondary N) is 2. The van der Waals surface area contributed by atoms with Crippen molar-refractivity contribution in [1.29, 1.82) is 0 Å². The Morgan fingerprint density at radius 1 is 1.33 bits per heavy atom. The zero-order chi connectivity index (χ0) is 11.3. The van der Waals surface area contributed by atoms with Crippen LogP contribution < -0.4 is 10.6 Å². The molecule has 1 amide bonds. The van der Waals surface area contributed by atoms with Crippen molar-refractivity contribution < 1.29 is 4.79 Å². The molecular formula is C12H22N2O. The minimum absolute atomic E-state index is 0.100. The van der Waals surface area contributed by atoms with Gasteiger partial charge in [0.2, 0.25) is 5.91 Å². The van der Waals surface area contributed by atoms with Crippen molar-refractivity contribution in [3.8, 4) is 0 Å². The average Bonchev–Trinajstić information content (AvgIpc) is 2.66. The van der Waals surface area contributed by atoms with Gasteiger partial charge in [0.25, 0.3) is 0 Å². The summed E-state index contributed by atoms with van der Waals surface area (Å²) in [5.41, 5.74) is 0. The van der Waals surface area contributed by atoms with Gasteiger partial charge in [0.05, 0.1) is 6.54 Å². The maximum Gasteiger partial charge on any atom is 0.234 e. The average molecular weight is 210 g/mol. The largest absolute Gasteiger partial charge is 0.352 e. The van der Waals surface area contributed by atoms with Crippen molar-refractivity contribution in [2.75, 3.05) is 6.54 Å². The van der Waals surface area contributed by atoms with Gasteiger partial charge >= 0.3 is 0 Å². The second-order valence-electron chi connectivity index (χ2n) is 4.62. The predicted molar refractivity (Wildman–Crippen MR) is 62.6 cm³/mol. The van der Waals surface area contributed by atoms with Crippen molar-refractivity contribution in [3.05, 3.63) is 12.2 Å². The molecule has 3 nitrogen and oxygen atoms in total. The van der Waals surface area contributed by atoms with Gasteiger partial charge in [-0.25, -0.2) is 0 Å². The van der Waals surface area contributed by atoms with Gasteiger partial charge in [0.1, 0.15) is 0 Å². The van der Waals surface area contributed by atoms with Crippen molar-refractivity contribution in [3.63, 3.8) is 0 Å². The van der Waals surface area contributed by atoms with Crippen LogP contribution in [0.1, 0.15) is 33.6 Å². The highest BCUT2D eigenvalue weighted by atomic mass is 16.1. The zero-order valence-corrected chi connectivity index (χ0v) is 9.92. The molecule has 15 heavy (non-hydrogen) atoms. The van der Waals surface area contributed by atoms with E-state index in [1.807, 2.05) is 6.92 Å². The first-order valence-electron chi connectivity index (χ1n) is 5.77. The van der Waals surface area contributed by atoms with E-state index in [0.29, 0.717) is 18.5 Å². The SMILES string of the molecule is CC(C)C(C)NC(=O)CNC1CC=CC1. The maximum atomic E-state index is 11.5. The fourth-order valence-corrected chi connectivity index (χ4v) is 1.49. The second kappa shape index (κ2) is 5.91. The topological polar surface area (TPSA) is 41.1 Å². The molecule has 0 aromatic heterocycles. The van der Waals surface area contributed by atoms with Crippen molar-refractivity contribution in [2.24, 2.45) is 5.92 Å². The van der Waals surface area contributed by atoms with Crippen LogP contribution in [0.4, 0.5) is 0 Å². The van der Waals surface area contributed by atoms with E-state index in [9.17, 15) is 4.79 Å². The Labute approximate surface area is 92.3 Å². The summed E-state index contributed by atoms with van der Waals surface area (Å²) in [6, 6.07) is 0.714. The lowest BCUT2D eigenvalue weighted by atomic mass is 10.1. The smallest absolute Gasteiger partial charge is 0.234 e. The second-order valence-corrected chi connectivity index (χ2v) is 4.62. The minimum Gasteiger partial charge on any atom is -0.352 e. The number of hydrogen-bond donors (Lipinski definition) is 2. The molecule has 1 aliphatic carbocycles. The lowest BCUT2D eigenvalue weighted by Gasteiger charge is -2.18. The van der Waals surface area contributed by atoms with Gasteiger partial charge in [-0.15, -0.1) is 0 Å². The Kier molecular flexibility index (Phi) is 4.82. The summed E-state index contributed by atoms with van der Waals surface area (Å²) in [7, 11) is 0. The molecule has 0 bridgehead atoms. The van der Waals surface area contributed by atoms with Gasteiger partial charge in [-0.05, 0) is 25.7 Å². The Hall–Kier alpha value is -0.830. The standard InChI is InChI=1S/C12H22N2O/c1-9(2)10(3)14-12(15)8-13-11-6-4-5-7-11/h4-5,9-11,13H,6-8H2,1-3H3,(H,14,15). The zero-order valence-electron chi connectivity index (χ0n) is 9.92. The van der Waals surface area contributed by atoms with Crippen LogP contribution in [0.3, 0.4) is 0 Å². The molecule has 0 heterocycles. The van der Waals surface area contributed by atoms with E-state index in [4.69, 9.17) is 0 Å². The maximum absolute atomic E-state index is 11.5. The molecule has 1 atom stereocenters. The predicted octanol–water partition coefficient (Wildman–Crippen LogP) is 1.46. The molecule has 0 spiro atoms. The van der Waals surface area contributed by atoms with Crippen molar-refractivity contribution >= 4 is 5.91 Å². The third-order valence-electron chi connectivity index (χ3n) is 2.95. The molecule has 86 valence electrons. The van der Waals surface area contributed by atoms with E-state index >= 15 is 0 Å². The van der Waals surface area contributed by atoms with Crippen LogP contribution in [0.25, 0.3) is 0 Å². The van der Waals surface area contributed by atoms with Crippen LogP contribution in [0.2, 0.25) is 0 Å². The Morgan fingerprint density at radius 2 is 1.93 bits per heavy atom. The van der Waals surface area contributed by atoms with Crippen molar-refractivity contribution in [2.45, 2.75) is 45.7 Å². The summed E-state index contributed by atoms with van der Waals surface area (Å²) in [6.07, 6.45) is 6.42. The minimum atomic E-state index is 0.100. The van der Waals surface area contributed by atoms with Gasteiger partial charge in [-0.1, -0.05) is 26.0 Å². The highest BCUT2D eigenvalue weighted by molar-refractivity contribution is 5.78. The molecule has 0 radical (unpaired) electrons. The van der Waals surface area contributed by atoms with Crippen LogP contribution in [-0.2, 0) is 4.79 Å². The number of amides is 1. The normalized spacial score (nSPS) is 18.4. The van der Waals surface area contributed by atoms with Crippen LogP contribution in [-0.4, -0.2) is 24.5 Å². The fraction of sp³-hybridized carbons (Fsp3) is 0.750. The van der Waals surface area contributed by atoms with E-state index in [1.165, 1.54) is 0 Å². The molecule has 1 unspecified atom stereocenters. The molecule has 1 aliphatic rings. The summed E-state index contributed by atoms with van der Waals surface area (Å²) in [6.45, 7) is 6.70. The summed E-state index contributed by atoms with van der Waals surface area (Å²) < 4.78 is 0. The Bertz CT molecular complexity index is 228. The quantitative estimate of drug-likeness (QED) is 0.674. The van der Waals surface area contributed by atoms with E-state index in [2.05, 4.69) is 36.6 Å². The molecule has 0 saturated carbocycles. The monoisotopic (exact) mass is 210 g/mol.